The molecule has 0 saturated heterocycles. The van der Waals surface area contributed by atoms with Gasteiger partial charge < -0.3 is 5.11 Å². The molecule has 1 aromatic carbocycles. The summed E-state index contributed by atoms with van der Waals surface area (Å²) in [5.74, 6) is -0.896. The Kier molecular flexibility index (Phi) is 6.19. The zero-order chi connectivity index (χ0) is 18.4. The first-order chi connectivity index (χ1) is 11.8. The highest BCUT2D eigenvalue weighted by atomic mass is 16.4. The van der Waals surface area contributed by atoms with Crippen LogP contribution in [0.25, 0.3) is 6.08 Å². The molecule has 0 amide bonds. The maximum atomic E-state index is 10.9. The number of allylic oxidation sites excluding steroid dienone is 7. The number of hydrogen-bond acceptors (Lipinski definition) is 1. The predicted molar refractivity (Wildman–Crippen MR) is 106 cm³/mol. The van der Waals surface area contributed by atoms with Crippen molar-refractivity contribution < 1.29 is 9.90 Å². The third kappa shape index (κ3) is 5.32. The van der Waals surface area contributed by atoms with Crippen LogP contribution in [0.1, 0.15) is 62.9 Å². The van der Waals surface area contributed by atoms with Gasteiger partial charge in [0.25, 0.3) is 0 Å². The van der Waals surface area contributed by atoms with Crippen molar-refractivity contribution in [3.05, 3.63) is 76.4 Å². The topological polar surface area (TPSA) is 37.3 Å². The molecule has 2 nitrogen and oxygen atoms in total. The van der Waals surface area contributed by atoms with E-state index in [-0.39, 0.29) is 5.41 Å². The van der Waals surface area contributed by atoms with E-state index in [0.717, 1.165) is 11.1 Å². The van der Waals surface area contributed by atoms with E-state index in [1.54, 1.807) is 12.1 Å². The quantitative estimate of drug-likeness (QED) is 0.629. The van der Waals surface area contributed by atoms with Gasteiger partial charge in [0.15, 0.2) is 0 Å². The largest absolute Gasteiger partial charge is 0.478 e. The summed E-state index contributed by atoms with van der Waals surface area (Å²) in [6.07, 6.45) is 14.3. The maximum absolute atomic E-state index is 10.9. The lowest BCUT2D eigenvalue weighted by atomic mass is 9.72. The Hall–Kier alpha value is -2.35. The Morgan fingerprint density at radius 1 is 1.16 bits per heavy atom. The molecule has 0 atom stereocenters. The minimum Gasteiger partial charge on any atom is -0.478 e. The fraction of sp³-hybridized carbons (Fsp3) is 0.348. The van der Waals surface area contributed by atoms with Crippen molar-refractivity contribution in [3.8, 4) is 0 Å². The Morgan fingerprint density at radius 3 is 2.44 bits per heavy atom. The molecule has 1 aliphatic carbocycles. The second kappa shape index (κ2) is 8.15. The first-order valence-electron chi connectivity index (χ1n) is 8.86. The lowest BCUT2D eigenvalue weighted by Crippen LogP contribution is -2.18. The van der Waals surface area contributed by atoms with Gasteiger partial charge in [0.05, 0.1) is 5.56 Å². The Labute approximate surface area is 151 Å². The minimum atomic E-state index is -0.896. The van der Waals surface area contributed by atoms with E-state index in [4.69, 9.17) is 5.11 Å². The molecule has 0 radical (unpaired) electrons. The van der Waals surface area contributed by atoms with Crippen LogP contribution >= 0.6 is 0 Å². The summed E-state index contributed by atoms with van der Waals surface area (Å²) >= 11 is 0. The zero-order valence-corrected chi connectivity index (χ0v) is 15.7. The molecule has 25 heavy (non-hydrogen) atoms. The highest BCUT2D eigenvalue weighted by Gasteiger charge is 2.26. The summed E-state index contributed by atoms with van der Waals surface area (Å²) in [6, 6.07) is 6.90. The number of benzene rings is 1. The summed E-state index contributed by atoms with van der Waals surface area (Å²) in [4.78, 5) is 10.9. The van der Waals surface area contributed by atoms with Crippen LogP contribution in [-0.4, -0.2) is 11.1 Å². The molecule has 0 bridgehead atoms. The molecule has 132 valence electrons. The van der Waals surface area contributed by atoms with Gasteiger partial charge in [0.1, 0.15) is 0 Å². The Balaban J connectivity index is 2.05. The minimum absolute atomic E-state index is 0.266. The van der Waals surface area contributed by atoms with Gasteiger partial charge in [-0.2, -0.15) is 0 Å². The maximum Gasteiger partial charge on any atom is 0.335 e. The van der Waals surface area contributed by atoms with Gasteiger partial charge in [0, 0.05) is 0 Å². The average Bonchev–Trinajstić information content (AvgIpc) is 2.55. The van der Waals surface area contributed by atoms with Gasteiger partial charge in [-0.25, -0.2) is 4.79 Å². The van der Waals surface area contributed by atoms with Crippen LogP contribution in [0.4, 0.5) is 0 Å². The van der Waals surface area contributed by atoms with E-state index in [1.165, 1.54) is 30.4 Å². The number of carboxylic acid groups (broad SMARTS) is 1. The van der Waals surface area contributed by atoms with Gasteiger partial charge in [-0.3, -0.25) is 0 Å². The van der Waals surface area contributed by atoms with Crippen molar-refractivity contribution in [2.75, 3.05) is 0 Å². The number of carbonyl (C=O) groups is 1. The SMILES string of the molecule is CC1=C(/C=C/C=C(C)/C=C/c2ccc(C(=O)O)cc2)C(C)(C)CCC1. The molecule has 0 unspecified atom stereocenters. The summed E-state index contributed by atoms with van der Waals surface area (Å²) in [6.45, 7) is 8.97. The fourth-order valence-corrected chi connectivity index (χ4v) is 3.33. The third-order valence-corrected chi connectivity index (χ3v) is 4.86. The number of carboxylic acids is 1. The monoisotopic (exact) mass is 336 g/mol. The molecule has 0 spiro atoms. The highest BCUT2D eigenvalue weighted by Crippen LogP contribution is 2.40. The fourth-order valence-electron chi connectivity index (χ4n) is 3.33. The summed E-state index contributed by atoms with van der Waals surface area (Å²) in [5, 5.41) is 8.92. The first-order valence-corrected chi connectivity index (χ1v) is 8.86. The van der Waals surface area contributed by atoms with Crippen LogP contribution in [-0.2, 0) is 0 Å². The third-order valence-electron chi connectivity index (χ3n) is 4.86. The van der Waals surface area contributed by atoms with Gasteiger partial charge in [-0.05, 0) is 61.8 Å². The molecule has 0 heterocycles. The second-order valence-corrected chi connectivity index (χ2v) is 7.46. The van der Waals surface area contributed by atoms with Gasteiger partial charge >= 0.3 is 5.97 Å². The highest BCUT2D eigenvalue weighted by molar-refractivity contribution is 5.87. The standard InChI is InChI=1S/C23H28O2/c1-17(10-11-19-12-14-20(15-13-19)22(24)25)7-5-9-21-18(2)8-6-16-23(21,3)4/h5,7,9-15H,6,8,16H2,1-4H3,(H,24,25)/b9-5+,11-10+,17-7+. The predicted octanol–water partition coefficient (Wildman–Crippen LogP) is 6.43. The Bertz CT molecular complexity index is 741. The molecular formula is C23H28O2. The van der Waals surface area contributed by atoms with E-state index >= 15 is 0 Å². The van der Waals surface area contributed by atoms with E-state index in [9.17, 15) is 4.79 Å². The van der Waals surface area contributed by atoms with Crippen LogP contribution in [0, 0.1) is 5.41 Å². The van der Waals surface area contributed by atoms with Crippen molar-refractivity contribution in [1.29, 1.82) is 0 Å². The van der Waals surface area contributed by atoms with E-state index in [2.05, 4.69) is 45.9 Å². The lowest BCUT2D eigenvalue weighted by molar-refractivity contribution is 0.0697. The first kappa shape index (κ1) is 19.0. The molecular weight excluding hydrogens is 308 g/mol. The number of aromatic carboxylic acids is 1. The van der Waals surface area contributed by atoms with Crippen LogP contribution in [0.15, 0.2) is 65.3 Å². The van der Waals surface area contributed by atoms with Crippen molar-refractivity contribution in [2.24, 2.45) is 5.41 Å². The molecule has 0 aromatic heterocycles. The molecule has 1 aromatic rings. The molecule has 1 aliphatic rings. The second-order valence-electron chi connectivity index (χ2n) is 7.46. The summed E-state index contributed by atoms with van der Waals surface area (Å²) in [5.41, 5.74) is 5.70. The van der Waals surface area contributed by atoms with E-state index in [1.807, 2.05) is 24.3 Å². The Morgan fingerprint density at radius 2 is 1.84 bits per heavy atom. The van der Waals surface area contributed by atoms with E-state index in [0.29, 0.717) is 5.56 Å². The van der Waals surface area contributed by atoms with Crippen molar-refractivity contribution in [1.82, 2.24) is 0 Å². The normalized spacial score (nSPS) is 18.3. The molecule has 2 rings (SSSR count). The molecule has 0 saturated carbocycles. The molecule has 0 aliphatic heterocycles. The van der Waals surface area contributed by atoms with Crippen LogP contribution in [0.5, 0.6) is 0 Å². The van der Waals surface area contributed by atoms with Crippen LogP contribution in [0.2, 0.25) is 0 Å². The lowest BCUT2D eigenvalue weighted by Gasteiger charge is -2.32. The summed E-state index contributed by atoms with van der Waals surface area (Å²) < 4.78 is 0. The van der Waals surface area contributed by atoms with Crippen LogP contribution < -0.4 is 0 Å². The zero-order valence-electron chi connectivity index (χ0n) is 15.7. The summed E-state index contributed by atoms with van der Waals surface area (Å²) in [7, 11) is 0. The van der Waals surface area contributed by atoms with Crippen LogP contribution in [0.3, 0.4) is 0 Å². The van der Waals surface area contributed by atoms with Crippen molar-refractivity contribution in [2.45, 2.75) is 47.0 Å². The van der Waals surface area contributed by atoms with Gasteiger partial charge in [-0.15, -0.1) is 0 Å². The number of hydrogen-bond donors (Lipinski definition) is 1. The van der Waals surface area contributed by atoms with Gasteiger partial charge in [-0.1, -0.05) is 67.5 Å². The molecule has 2 heteroatoms. The van der Waals surface area contributed by atoms with E-state index < -0.39 is 5.97 Å². The average molecular weight is 336 g/mol. The van der Waals surface area contributed by atoms with Gasteiger partial charge in [0.2, 0.25) is 0 Å². The van der Waals surface area contributed by atoms with Crippen molar-refractivity contribution in [3.63, 3.8) is 0 Å². The number of rotatable bonds is 5. The smallest absolute Gasteiger partial charge is 0.335 e. The molecule has 0 fully saturated rings. The van der Waals surface area contributed by atoms with Crippen molar-refractivity contribution >= 4 is 12.0 Å². The molecule has 1 N–H and O–H groups in total.